The molecule has 0 spiro atoms. The molecule has 0 bridgehead atoms. The molecule has 50 heavy (non-hydrogen) atoms. The molecule has 0 atom stereocenters. The minimum Gasteiger partial charge on any atom is -0.495 e. The maximum atomic E-state index is 14.4. The number of aliphatic hydroxyl groups is 2. The molecular weight excluding hydrogens is 638 g/mol. The van der Waals surface area contributed by atoms with Crippen molar-refractivity contribution in [2.45, 2.75) is 89.1 Å². The molecule has 3 aromatic rings. The number of aromatic nitrogens is 3. The first-order chi connectivity index (χ1) is 24.3. The Bertz CT molecular complexity index is 1650. The van der Waals surface area contributed by atoms with Crippen molar-refractivity contribution >= 4 is 17.8 Å². The molecule has 0 unspecified atom stereocenters. The first-order valence-corrected chi connectivity index (χ1v) is 18.2. The van der Waals surface area contributed by atoms with Gasteiger partial charge in [-0.1, -0.05) is 0 Å². The van der Waals surface area contributed by atoms with E-state index in [1.54, 1.807) is 19.6 Å². The molecule has 4 heterocycles. The number of nitrogens with zero attached hydrogens (tertiary/aromatic N) is 5. The zero-order valence-corrected chi connectivity index (χ0v) is 29.1. The van der Waals surface area contributed by atoms with Crippen LogP contribution in [0, 0.1) is 24.2 Å². The van der Waals surface area contributed by atoms with E-state index in [1.807, 2.05) is 30.0 Å². The van der Waals surface area contributed by atoms with Crippen LogP contribution in [0.1, 0.15) is 93.3 Å². The largest absolute Gasteiger partial charge is 0.495 e. The molecular formula is C38H49N5O7. The summed E-state index contributed by atoms with van der Waals surface area (Å²) in [7, 11) is 1.67. The highest BCUT2D eigenvalue weighted by Crippen LogP contribution is 2.41. The van der Waals surface area contributed by atoms with E-state index in [1.165, 1.54) is 4.90 Å². The SMILES string of the molecule is COc1ccc(C2CCC(CN(C(=O)C3CCC(OC(=O)N4CC(CO)(CO)C4)CC3)c3cc(-c4coc(C5CC5)n4)ccn3)CC2)nc1C. The number of rotatable bonds is 11. The average Bonchev–Trinajstić information content (AvgIpc) is 3.86. The van der Waals surface area contributed by atoms with Gasteiger partial charge < -0.3 is 29.0 Å². The Balaban J connectivity index is 1.02. The number of carbonyl (C=O) groups is 2. The van der Waals surface area contributed by atoms with Crippen molar-refractivity contribution < 1.29 is 33.7 Å². The van der Waals surface area contributed by atoms with Gasteiger partial charge in [-0.25, -0.2) is 14.8 Å². The summed E-state index contributed by atoms with van der Waals surface area (Å²) in [5, 5.41) is 19.1. The maximum Gasteiger partial charge on any atom is 0.410 e. The first-order valence-electron chi connectivity index (χ1n) is 18.2. The highest BCUT2D eigenvalue weighted by atomic mass is 16.6. The van der Waals surface area contributed by atoms with Crippen LogP contribution >= 0.6 is 0 Å². The molecule has 7 rings (SSSR count). The number of ether oxygens (including phenoxy) is 2. The van der Waals surface area contributed by atoms with Crippen LogP contribution in [0.4, 0.5) is 10.6 Å². The van der Waals surface area contributed by atoms with Crippen LogP contribution in [-0.4, -0.2) is 88.1 Å². The molecule has 3 aliphatic carbocycles. The van der Waals surface area contributed by atoms with E-state index >= 15 is 0 Å². The van der Waals surface area contributed by atoms with Gasteiger partial charge in [-0.15, -0.1) is 0 Å². The van der Waals surface area contributed by atoms with Crippen molar-refractivity contribution in [2.75, 3.05) is 44.9 Å². The zero-order chi connectivity index (χ0) is 34.8. The number of methoxy groups -OCH3 is 1. The van der Waals surface area contributed by atoms with Crippen molar-refractivity contribution in [1.29, 1.82) is 0 Å². The molecule has 12 nitrogen and oxygen atoms in total. The van der Waals surface area contributed by atoms with E-state index in [0.717, 1.165) is 72.8 Å². The fourth-order valence-corrected chi connectivity index (χ4v) is 7.88. The van der Waals surface area contributed by atoms with Gasteiger partial charge in [0, 0.05) is 54.8 Å². The normalized spacial score (nSPS) is 24.7. The van der Waals surface area contributed by atoms with Gasteiger partial charge in [0.25, 0.3) is 0 Å². The lowest BCUT2D eigenvalue weighted by atomic mass is 9.79. The Morgan fingerprint density at radius 3 is 2.34 bits per heavy atom. The van der Waals surface area contributed by atoms with Gasteiger partial charge in [0.15, 0.2) is 5.89 Å². The summed E-state index contributed by atoms with van der Waals surface area (Å²) in [5.41, 5.74) is 3.00. The Morgan fingerprint density at radius 2 is 1.68 bits per heavy atom. The standard InChI is InChI=1S/C38H49N5O7/c1-24-33(48-2)14-13-31(40-24)26-5-3-25(4-6-26)18-43(34-17-29(15-16-39-34)32-19-49-35(41-32)27-7-8-27)36(46)28-9-11-30(12-10-28)50-37(47)42-20-38(21-42,22-44)23-45/h13-17,19,25-28,30,44-45H,3-12,18,20-23H2,1-2H3. The Morgan fingerprint density at radius 1 is 0.960 bits per heavy atom. The second kappa shape index (κ2) is 14.7. The number of aryl methyl sites for hydroxylation is 1. The highest BCUT2D eigenvalue weighted by Gasteiger charge is 2.46. The zero-order valence-electron chi connectivity index (χ0n) is 29.1. The molecule has 12 heteroatoms. The van der Waals surface area contributed by atoms with E-state index < -0.39 is 11.5 Å². The summed E-state index contributed by atoms with van der Waals surface area (Å²) < 4.78 is 17.0. The van der Waals surface area contributed by atoms with Gasteiger partial charge in [-0.2, -0.15) is 0 Å². The third kappa shape index (κ3) is 7.37. The van der Waals surface area contributed by atoms with Gasteiger partial charge in [0.2, 0.25) is 5.91 Å². The molecule has 4 fully saturated rings. The van der Waals surface area contributed by atoms with Gasteiger partial charge in [0.1, 0.15) is 29.6 Å². The summed E-state index contributed by atoms with van der Waals surface area (Å²) in [4.78, 5) is 44.8. The summed E-state index contributed by atoms with van der Waals surface area (Å²) >= 11 is 0. The maximum absolute atomic E-state index is 14.4. The van der Waals surface area contributed by atoms with Gasteiger partial charge in [0.05, 0.1) is 31.4 Å². The molecule has 3 aromatic heterocycles. The van der Waals surface area contributed by atoms with Crippen LogP contribution in [0.25, 0.3) is 11.3 Å². The molecule has 2 amide bonds. The number of carbonyl (C=O) groups excluding carboxylic acids is 2. The lowest BCUT2D eigenvalue weighted by Gasteiger charge is -2.47. The Labute approximate surface area is 293 Å². The van der Waals surface area contributed by atoms with Gasteiger partial charge in [-0.05, 0) is 101 Å². The number of pyridine rings is 2. The molecule has 1 aliphatic heterocycles. The predicted octanol–water partition coefficient (Wildman–Crippen LogP) is 5.62. The molecule has 2 N–H and O–H groups in total. The number of hydrogen-bond acceptors (Lipinski definition) is 10. The summed E-state index contributed by atoms with van der Waals surface area (Å²) in [6.07, 6.45) is 11.4. The van der Waals surface area contributed by atoms with Crippen LogP contribution < -0.4 is 9.64 Å². The van der Waals surface area contributed by atoms with Crippen LogP contribution in [0.15, 0.2) is 41.1 Å². The van der Waals surface area contributed by atoms with E-state index in [-0.39, 0.29) is 44.2 Å². The minimum absolute atomic E-state index is 0.0613. The molecule has 0 aromatic carbocycles. The van der Waals surface area contributed by atoms with Gasteiger partial charge in [-0.3, -0.25) is 14.7 Å². The van der Waals surface area contributed by atoms with Gasteiger partial charge >= 0.3 is 6.09 Å². The number of anilines is 1. The van der Waals surface area contributed by atoms with E-state index in [2.05, 4.69) is 6.07 Å². The molecule has 268 valence electrons. The molecule has 0 radical (unpaired) electrons. The van der Waals surface area contributed by atoms with Crippen LogP contribution in [0.5, 0.6) is 5.75 Å². The predicted molar refractivity (Wildman–Crippen MR) is 185 cm³/mol. The number of amides is 2. The smallest absolute Gasteiger partial charge is 0.410 e. The van der Waals surface area contributed by atoms with Crippen molar-refractivity contribution in [3.63, 3.8) is 0 Å². The van der Waals surface area contributed by atoms with Crippen LogP contribution in [0.3, 0.4) is 0 Å². The Hall–Kier alpha value is -4.03. The number of aliphatic hydroxyl groups excluding tert-OH is 2. The lowest BCUT2D eigenvalue weighted by Crippen LogP contribution is -2.62. The van der Waals surface area contributed by atoms with Crippen LogP contribution in [0.2, 0.25) is 0 Å². The number of likely N-dealkylation sites (tertiary alicyclic amines) is 1. The van der Waals surface area contributed by atoms with E-state index in [4.69, 9.17) is 28.8 Å². The summed E-state index contributed by atoms with van der Waals surface area (Å²) in [6.45, 7) is 2.79. The van der Waals surface area contributed by atoms with Crippen LogP contribution in [-0.2, 0) is 9.53 Å². The quantitative estimate of drug-likeness (QED) is 0.260. The van der Waals surface area contributed by atoms with E-state index in [0.29, 0.717) is 55.8 Å². The lowest BCUT2D eigenvalue weighted by molar-refractivity contribution is -0.124. The topological polar surface area (TPSA) is 151 Å². The molecule has 1 saturated heterocycles. The molecule has 3 saturated carbocycles. The second-order valence-corrected chi connectivity index (χ2v) is 15.0. The number of hydrogen-bond donors (Lipinski definition) is 2. The van der Waals surface area contributed by atoms with Crippen molar-refractivity contribution in [3.8, 4) is 17.0 Å². The Kier molecular flexibility index (Phi) is 10.1. The van der Waals surface area contributed by atoms with Crippen molar-refractivity contribution in [3.05, 3.63) is 54.0 Å². The monoisotopic (exact) mass is 687 g/mol. The second-order valence-electron chi connectivity index (χ2n) is 15.0. The molecule has 4 aliphatic rings. The number of oxazole rings is 1. The fourth-order valence-electron chi connectivity index (χ4n) is 7.88. The third-order valence-corrected chi connectivity index (χ3v) is 11.3. The average molecular weight is 688 g/mol. The summed E-state index contributed by atoms with van der Waals surface area (Å²) in [5.74, 6) is 3.18. The van der Waals surface area contributed by atoms with Crippen molar-refractivity contribution in [1.82, 2.24) is 19.9 Å². The summed E-state index contributed by atoms with van der Waals surface area (Å²) in [6, 6.07) is 7.96. The first kappa shape index (κ1) is 34.4. The fraction of sp³-hybridized carbons (Fsp3) is 0.605. The third-order valence-electron chi connectivity index (χ3n) is 11.3. The van der Waals surface area contributed by atoms with E-state index in [9.17, 15) is 19.8 Å². The highest BCUT2D eigenvalue weighted by molar-refractivity contribution is 5.94. The minimum atomic E-state index is -0.643. The van der Waals surface area contributed by atoms with Crippen molar-refractivity contribution in [2.24, 2.45) is 17.3 Å².